The van der Waals surface area contributed by atoms with E-state index in [9.17, 15) is 4.79 Å². The van der Waals surface area contributed by atoms with Crippen molar-refractivity contribution in [3.05, 3.63) is 23.0 Å². The van der Waals surface area contributed by atoms with Gasteiger partial charge in [0.05, 0.1) is 17.6 Å². The summed E-state index contributed by atoms with van der Waals surface area (Å²) in [7, 11) is 0. The van der Waals surface area contributed by atoms with Crippen LogP contribution in [0.15, 0.2) is 10.9 Å². The molecular weight excluding hydrogens is 136 g/mol. The number of hydrogen-bond acceptors (Lipinski definition) is 3. The van der Waals surface area contributed by atoms with Crippen LogP contribution < -0.4 is 5.73 Å². The fourth-order valence-electron chi connectivity index (χ4n) is 0.439. The molecule has 0 aliphatic rings. The Balaban J connectivity index is 2.58. The molecule has 1 aromatic rings. The van der Waals surface area contributed by atoms with Crippen LogP contribution in [0.3, 0.4) is 0 Å². The molecule has 4 heteroatoms. The molecular formula is C5H5N2OS. The number of nitrogens with two attached hydrogens (primary N) is 1. The van der Waals surface area contributed by atoms with Crippen molar-refractivity contribution in [3.63, 3.8) is 0 Å². The number of rotatable bonds is 2. The first-order chi connectivity index (χ1) is 4.29. The first-order valence-corrected chi connectivity index (χ1v) is 3.25. The van der Waals surface area contributed by atoms with E-state index >= 15 is 0 Å². The average molecular weight is 141 g/mol. The van der Waals surface area contributed by atoms with Crippen molar-refractivity contribution in [2.45, 2.75) is 0 Å². The fraction of sp³-hybridized carbons (Fsp3) is 0. The maximum absolute atomic E-state index is 10.2. The predicted octanol–water partition coefficient (Wildman–Crippen LogP) is 0.181. The lowest BCUT2D eigenvalue weighted by atomic mass is 10.3. The highest BCUT2D eigenvalue weighted by Crippen LogP contribution is 2.01. The van der Waals surface area contributed by atoms with Crippen molar-refractivity contribution in [1.29, 1.82) is 0 Å². The third-order valence-electron chi connectivity index (χ3n) is 0.742. The molecule has 0 fully saturated rings. The molecule has 1 amide bonds. The van der Waals surface area contributed by atoms with Gasteiger partial charge in [-0.2, -0.15) is 0 Å². The van der Waals surface area contributed by atoms with Gasteiger partial charge in [-0.25, -0.2) is 4.98 Å². The maximum atomic E-state index is 10.2. The Morgan fingerprint density at radius 1 is 1.89 bits per heavy atom. The first kappa shape index (κ1) is 6.22. The number of amides is 1. The summed E-state index contributed by atoms with van der Waals surface area (Å²) in [6.07, 6.45) is 1.29. The van der Waals surface area contributed by atoms with Crippen LogP contribution in [0.1, 0.15) is 5.69 Å². The van der Waals surface area contributed by atoms with E-state index < -0.39 is 5.91 Å². The number of carbonyl (C=O) groups is 1. The van der Waals surface area contributed by atoms with Crippen molar-refractivity contribution >= 4 is 17.2 Å². The van der Waals surface area contributed by atoms with Crippen LogP contribution in [0.25, 0.3) is 0 Å². The zero-order chi connectivity index (χ0) is 6.69. The number of thiazole rings is 1. The van der Waals surface area contributed by atoms with Gasteiger partial charge >= 0.3 is 0 Å². The van der Waals surface area contributed by atoms with Crippen molar-refractivity contribution in [3.8, 4) is 0 Å². The Hall–Kier alpha value is -0.900. The Kier molecular flexibility index (Phi) is 1.79. The van der Waals surface area contributed by atoms with Gasteiger partial charge in [0.1, 0.15) is 0 Å². The summed E-state index contributed by atoms with van der Waals surface area (Å²) in [5.41, 5.74) is 7.13. The molecule has 0 aliphatic carbocycles. The Morgan fingerprint density at radius 3 is 3.11 bits per heavy atom. The molecule has 0 saturated carbocycles. The minimum atomic E-state index is -0.457. The van der Waals surface area contributed by atoms with Crippen LogP contribution in [0.2, 0.25) is 0 Å². The predicted molar refractivity (Wildman–Crippen MR) is 34.7 cm³/mol. The number of hydrogen-bond donors (Lipinski definition) is 1. The third kappa shape index (κ3) is 1.81. The normalized spacial score (nSPS) is 9.33. The second-order valence-electron chi connectivity index (χ2n) is 1.46. The van der Waals surface area contributed by atoms with Gasteiger partial charge in [0.25, 0.3) is 0 Å². The van der Waals surface area contributed by atoms with Gasteiger partial charge in [-0.15, -0.1) is 11.3 Å². The number of primary amides is 1. The summed E-state index contributed by atoms with van der Waals surface area (Å²) in [6.45, 7) is 0. The minimum Gasteiger partial charge on any atom is -0.369 e. The molecule has 0 aliphatic heterocycles. The molecule has 1 aromatic heterocycles. The lowest BCUT2D eigenvalue weighted by Crippen LogP contribution is -2.11. The lowest BCUT2D eigenvalue weighted by Gasteiger charge is -1.84. The second-order valence-corrected chi connectivity index (χ2v) is 2.18. The van der Waals surface area contributed by atoms with E-state index in [4.69, 9.17) is 5.73 Å². The third-order valence-corrected chi connectivity index (χ3v) is 1.35. The smallest absolute Gasteiger partial charge is 0.227 e. The second kappa shape index (κ2) is 2.59. The van der Waals surface area contributed by atoms with E-state index in [1.54, 1.807) is 10.9 Å². The van der Waals surface area contributed by atoms with Gasteiger partial charge in [0.15, 0.2) is 0 Å². The van der Waals surface area contributed by atoms with Crippen molar-refractivity contribution in [2.24, 2.45) is 5.73 Å². The summed E-state index contributed by atoms with van der Waals surface area (Å²) in [5.74, 6) is -0.457. The highest BCUT2D eigenvalue weighted by atomic mass is 32.1. The molecule has 0 spiro atoms. The van der Waals surface area contributed by atoms with Crippen molar-refractivity contribution < 1.29 is 4.79 Å². The minimum absolute atomic E-state index is 0.457. The molecule has 47 valence electrons. The first-order valence-electron chi connectivity index (χ1n) is 2.31. The lowest BCUT2D eigenvalue weighted by molar-refractivity contribution is -0.114. The highest BCUT2D eigenvalue weighted by molar-refractivity contribution is 7.07. The summed E-state index contributed by atoms with van der Waals surface area (Å²) < 4.78 is 0. The van der Waals surface area contributed by atoms with Crippen LogP contribution in [-0.2, 0) is 4.79 Å². The van der Waals surface area contributed by atoms with Gasteiger partial charge in [-0.1, -0.05) is 0 Å². The van der Waals surface area contributed by atoms with Gasteiger partial charge in [-0.05, 0) is 0 Å². The van der Waals surface area contributed by atoms with Crippen LogP contribution in [-0.4, -0.2) is 10.9 Å². The zero-order valence-electron chi connectivity index (χ0n) is 4.57. The van der Waals surface area contributed by atoms with E-state index in [1.165, 1.54) is 17.8 Å². The fourth-order valence-corrected chi connectivity index (χ4v) is 0.951. The topological polar surface area (TPSA) is 56.0 Å². The summed E-state index contributed by atoms with van der Waals surface area (Å²) in [6, 6.07) is 0. The van der Waals surface area contributed by atoms with E-state index in [1.807, 2.05) is 0 Å². The molecule has 0 bridgehead atoms. The van der Waals surface area contributed by atoms with Gasteiger partial charge < -0.3 is 5.73 Å². The average Bonchev–Trinajstić information content (AvgIpc) is 2.15. The Labute approximate surface area is 56.5 Å². The quantitative estimate of drug-likeness (QED) is 0.638. The molecule has 1 heterocycles. The summed E-state index contributed by atoms with van der Waals surface area (Å²) in [4.78, 5) is 14.0. The number of aromatic nitrogens is 1. The van der Waals surface area contributed by atoms with E-state index in [-0.39, 0.29) is 0 Å². The largest absolute Gasteiger partial charge is 0.369 e. The van der Waals surface area contributed by atoms with Crippen molar-refractivity contribution in [1.82, 2.24) is 4.98 Å². The highest BCUT2D eigenvalue weighted by Gasteiger charge is 1.98. The van der Waals surface area contributed by atoms with E-state index in [0.717, 1.165) is 0 Å². The summed E-state index contributed by atoms with van der Waals surface area (Å²) in [5, 5.41) is 1.75. The van der Waals surface area contributed by atoms with Gasteiger partial charge in [0.2, 0.25) is 5.91 Å². The molecule has 0 saturated heterocycles. The van der Waals surface area contributed by atoms with Gasteiger partial charge in [-0.3, -0.25) is 4.79 Å². The zero-order valence-corrected chi connectivity index (χ0v) is 5.39. The standard InChI is InChI=1S/C5H5N2OS/c6-5(8)1-4-2-9-3-7-4/h1-3H,(H2,6,8). The molecule has 1 radical (unpaired) electrons. The van der Waals surface area contributed by atoms with Gasteiger partial charge in [0, 0.05) is 5.38 Å². The molecule has 0 aromatic carbocycles. The number of carbonyl (C=O) groups excluding carboxylic acids is 1. The molecule has 9 heavy (non-hydrogen) atoms. The molecule has 1 rings (SSSR count). The van der Waals surface area contributed by atoms with Crippen LogP contribution >= 0.6 is 11.3 Å². The van der Waals surface area contributed by atoms with Crippen LogP contribution in [0.4, 0.5) is 0 Å². The monoisotopic (exact) mass is 141 g/mol. The Bertz CT molecular complexity index is 195. The Morgan fingerprint density at radius 2 is 2.67 bits per heavy atom. The SMILES string of the molecule is NC(=O)[CH]c1cscn1. The number of nitrogens with zero attached hydrogens (tertiary/aromatic N) is 1. The molecule has 3 nitrogen and oxygen atoms in total. The van der Waals surface area contributed by atoms with Crippen LogP contribution in [0, 0.1) is 6.42 Å². The van der Waals surface area contributed by atoms with E-state index in [2.05, 4.69) is 4.98 Å². The molecule has 0 atom stereocenters. The molecule has 2 N–H and O–H groups in total. The maximum Gasteiger partial charge on any atom is 0.227 e. The van der Waals surface area contributed by atoms with E-state index in [0.29, 0.717) is 5.69 Å². The van der Waals surface area contributed by atoms with Crippen LogP contribution in [0.5, 0.6) is 0 Å². The molecule has 0 unspecified atom stereocenters. The summed E-state index contributed by atoms with van der Waals surface area (Å²) >= 11 is 1.43. The van der Waals surface area contributed by atoms with Crippen molar-refractivity contribution in [2.75, 3.05) is 0 Å².